The quantitative estimate of drug-likeness (QED) is 0.410. The highest BCUT2D eigenvalue weighted by Crippen LogP contribution is 2.21. The molecular weight excluding hydrogens is 432 g/mol. The van der Waals surface area contributed by atoms with E-state index in [0.717, 1.165) is 15.7 Å². The number of nitrogens with one attached hydrogen (secondary N) is 3. The number of hydrazine groups is 1. The number of amides is 2. The van der Waals surface area contributed by atoms with Crippen molar-refractivity contribution in [2.24, 2.45) is 0 Å². The minimum absolute atomic E-state index is 0.0816. The first-order valence-corrected chi connectivity index (χ1v) is 9.75. The molecule has 2 aromatic heterocycles. The SMILES string of the molecule is Cc1ccc(-n2cnnc2SCC(=O)NNC(=O)c2cc(Br)c[nH]2)cc1C. The highest BCUT2D eigenvalue weighted by atomic mass is 79.9. The molecule has 0 spiro atoms. The second-order valence-electron chi connectivity index (χ2n) is 5.77. The van der Waals surface area contributed by atoms with Crippen molar-refractivity contribution in [3.05, 3.63) is 58.1 Å². The first-order chi connectivity index (χ1) is 12.9. The van der Waals surface area contributed by atoms with Crippen LogP contribution in [0.25, 0.3) is 5.69 Å². The van der Waals surface area contributed by atoms with Gasteiger partial charge in [0.15, 0.2) is 5.16 Å². The molecule has 3 N–H and O–H groups in total. The van der Waals surface area contributed by atoms with Crippen LogP contribution in [0.5, 0.6) is 0 Å². The van der Waals surface area contributed by atoms with Gasteiger partial charge in [-0.15, -0.1) is 10.2 Å². The van der Waals surface area contributed by atoms with Gasteiger partial charge in [-0.05, 0) is 59.1 Å². The van der Waals surface area contributed by atoms with Crippen LogP contribution in [0.4, 0.5) is 0 Å². The standard InChI is InChI=1S/C17H17BrN6O2S/c1-10-3-4-13(5-11(10)2)24-9-20-23-17(24)27-8-15(25)21-22-16(26)14-6-12(18)7-19-14/h3-7,9,19H,8H2,1-2H3,(H,21,25)(H,22,26). The van der Waals surface area contributed by atoms with E-state index in [-0.39, 0.29) is 11.7 Å². The molecule has 2 amide bonds. The first-order valence-electron chi connectivity index (χ1n) is 7.97. The molecule has 0 aliphatic carbocycles. The maximum Gasteiger partial charge on any atom is 0.286 e. The summed E-state index contributed by atoms with van der Waals surface area (Å²) >= 11 is 4.47. The Morgan fingerprint density at radius 1 is 1.22 bits per heavy atom. The smallest absolute Gasteiger partial charge is 0.286 e. The Bertz CT molecular complexity index is 983. The number of aromatic amines is 1. The number of H-pyrrole nitrogens is 1. The van der Waals surface area contributed by atoms with E-state index in [1.165, 1.54) is 17.3 Å². The number of hydrogen-bond donors (Lipinski definition) is 3. The van der Waals surface area contributed by atoms with Crippen molar-refractivity contribution in [1.29, 1.82) is 0 Å². The van der Waals surface area contributed by atoms with E-state index in [2.05, 4.69) is 42.0 Å². The number of halogens is 1. The maximum absolute atomic E-state index is 12.0. The van der Waals surface area contributed by atoms with Crippen LogP contribution in [0.2, 0.25) is 0 Å². The fraction of sp³-hybridized carbons (Fsp3) is 0.176. The number of hydrogen-bond acceptors (Lipinski definition) is 5. The number of thioether (sulfide) groups is 1. The second-order valence-corrected chi connectivity index (χ2v) is 7.63. The third kappa shape index (κ3) is 4.77. The van der Waals surface area contributed by atoms with Crippen LogP contribution in [0.15, 0.2) is 46.4 Å². The highest BCUT2D eigenvalue weighted by Gasteiger charge is 2.12. The molecule has 0 aliphatic rings. The summed E-state index contributed by atoms with van der Waals surface area (Å²) in [5, 5.41) is 8.58. The van der Waals surface area contributed by atoms with Gasteiger partial charge in [-0.25, -0.2) is 0 Å². The molecular formula is C17H17BrN6O2S. The Morgan fingerprint density at radius 2 is 2.04 bits per heavy atom. The predicted molar refractivity (Wildman–Crippen MR) is 106 cm³/mol. The zero-order chi connectivity index (χ0) is 19.4. The maximum atomic E-state index is 12.0. The third-order valence-corrected chi connectivity index (χ3v) is 5.23. The topological polar surface area (TPSA) is 105 Å². The zero-order valence-corrected chi connectivity index (χ0v) is 17.0. The summed E-state index contributed by atoms with van der Waals surface area (Å²) in [5.74, 6) is -0.705. The van der Waals surface area contributed by atoms with Gasteiger partial charge in [-0.1, -0.05) is 17.8 Å². The number of aromatic nitrogens is 4. The Morgan fingerprint density at radius 3 is 2.74 bits per heavy atom. The number of aryl methyl sites for hydroxylation is 2. The molecule has 0 saturated heterocycles. The van der Waals surface area contributed by atoms with Crippen LogP contribution in [0.1, 0.15) is 21.6 Å². The number of nitrogens with zero attached hydrogens (tertiary/aromatic N) is 3. The fourth-order valence-electron chi connectivity index (χ4n) is 2.23. The second kappa shape index (κ2) is 8.40. The highest BCUT2D eigenvalue weighted by molar-refractivity contribution is 9.10. The lowest BCUT2D eigenvalue weighted by Gasteiger charge is -2.09. The minimum Gasteiger partial charge on any atom is -0.356 e. The molecule has 0 fully saturated rings. The van der Waals surface area contributed by atoms with E-state index in [1.54, 1.807) is 18.6 Å². The van der Waals surface area contributed by atoms with Crippen molar-refractivity contribution >= 4 is 39.5 Å². The lowest BCUT2D eigenvalue weighted by atomic mass is 10.1. The molecule has 10 heteroatoms. The van der Waals surface area contributed by atoms with Crippen molar-refractivity contribution in [3.63, 3.8) is 0 Å². The van der Waals surface area contributed by atoms with Crippen LogP contribution in [-0.2, 0) is 4.79 Å². The fourth-order valence-corrected chi connectivity index (χ4v) is 3.31. The van der Waals surface area contributed by atoms with Crippen molar-refractivity contribution in [3.8, 4) is 5.69 Å². The van der Waals surface area contributed by atoms with E-state index < -0.39 is 5.91 Å². The number of benzene rings is 1. The van der Waals surface area contributed by atoms with Crippen molar-refractivity contribution in [2.75, 3.05) is 5.75 Å². The van der Waals surface area contributed by atoms with Gasteiger partial charge in [0.1, 0.15) is 12.0 Å². The van der Waals surface area contributed by atoms with Gasteiger partial charge >= 0.3 is 0 Å². The monoisotopic (exact) mass is 448 g/mol. The van der Waals surface area contributed by atoms with Crippen LogP contribution in [0.3, 0.4) is 0 Å². The van der Waals surface area contributed by atoms with E-state index in [0.29, 0.717) is 10.9 Å². The van der Waals surface area contributed by atoms with E-state index in [1.807, 2.05) is 36.6 Å². The molecule has 3 rings (SSSR count). The van der Waals surface area contributed by atoms with Gasteiger partial charge in [-0.3, -0.25) is 25.0 Å². The summed E-state index contributed by atoms with van der Waals surface area (Å²) < 4.78 is 2.57. The summed E-state index contributed by atoms with van der Waals surface area (Å²) in [6, 6.07) is 7.66. The van der Waals surface area contributed by atoms with Gasteiger partial charge in [0.25, 0.3) is 5.91 Å². The molecule has 3 aromatic rings. The summed E-state index contributed by atoms with van der Waals surface area (Å²) in [5.41, 5.74) is 8.36. The molecule has 140 valence electrons. The Hall–Kier alpha value is -2.59. The number of rotatable bonds is 5. The molecule has 27 heavy (non-hydrogen) atoms. The molecule has 0 bridgehead atoms. The lowest BCUT2D eigenvalue weighted by molar-refractivity contribution is -0.119. The van der Waals surface area contributed by atoms with Gasteiger partial charge in [0.2, 0.25) is 5.91 Å². The Labute approximate surface area is 168 Å². The van der Waals surface area contributed by atoms with Crippen LogP contribution < -0.4 is 10.9 Å². The van der Waals surface area contributed by atoms with Crippen molar-refractivity contribution in [2.45, 2.75) is 19.0 Å². The van der Waals surface area contributed by atoms with Gasteiger partial charge in [0.05, 0.1) is 5.75 Å². The number of carbonyl (C=O) groups is 2. The first kappa shape index (κ1) is 19.2. The van der Waals surface area contributed by atoms with Gasteiger partial charge in [-0.2, -0.15) is 0 Å². The van der Waals surface area contributed by atoms with E-state index in [4.69, 9.17) is 0 Å². The molecule has 0 atom stereocenters. The third-order valence-electron chi connectivity index (χ3n) is 3.83. The average Bonchev–Trinajstić information content (AvgIpc) is 3.29. The van der Waals surface area contributed by atoms with Crippen molar-refractivity contribution < 1.29 is 9.59 Å². The summed E-state index contributed by atoms with van der Waals surface area (Å²) in [6.07, 6.45) is 3.24. The zero-order valence-electron chi connectivity index (χ0n) is 14.6. The van der Waals surface area contributed by atoms with E-state index >= 15 is 0 Å². The average molecular weight is 449 g/mol. The molecule has 8 nitrogen and oxygen atoms in total. The van der Waals surface area contributed by atoms with Gasteiger partial charge in [0, 0.05) is 16.4 Å². The summed E-state index contributed by atoms with van der Waals surface area (Å²) in [4.78, 5) is 26.7. The van der Waals surface area contributed by atoms with Crippen LogP contribution in [0, 0.1) is 13.8 Å². The minimum atomic E-state index is -0.433. The molecule has 0 unspecified atom stereocenters. The Kier molecular flexibility index (Phi) is 5.97. The molecule has 2 heterocycles. The molecule has 1 aromatic carbocycles. The van der Waals surface area contributed by atoms with Crippen molar-refractivity contribution in [1.82, 2.24) is 30.6 Å². The summed E-state index contributed by atoms with van der Waals surface area (Å²) in [6.45, 7) is 4.08. The van der Waals surface area contributed by atoms with E-state index in [9.17, 15) is 9.59 Å². The lowest BCUT2D eigenvalue weighted by Crippen LogP contribution is -2.42. The molecule has 0 radical (unpaired) electrons. The summed E-state index contributed by atoms with van der Waals surface area (Å²) in [7, 11) is 0. The number of carbonyl (C=O) groups excluding carboxylic acids is 2. The predicted octanol–water partition coefficient (Wildman–Crippen LogP) is 2.53. The van der Waals surface area contributed by atoms with Crippen LogP contribution in [-0.4, -0.2) is 37.3 Å². The normalized spacial score (nSPS) is 10.6. The molecule has 0 aliphatic heterocycles. The van der Waals surface area contributed by atoms with Gasteiger partial charge < -0.3 is 4.98 Å². The molecule has 0 saturated carbocycles. The van der Waals surface area contributed by atoms with Crippen LogP contribution >= 0.6 is 27.7 Å². The largest absolute Gasteiger partial charge is 0.356 e. The Balaban J connectivity index is 1.56.